The van der Waals surface area contributed by atoms with E-state index in [2.05, 4.69) is 10.1 Å². The highest BCUT2D eigenvalue weighted by molar-refractivity contribution is 6.42. The number of nitrogens with two attached hydrogens (primary N) is 1. The first-order valence-corrected chi connectivity index (χ1v) is 9.13. The number of halogens is 2. The maximum Gasteiger partial charge on any atom is 0.293 e. The van der Waals surface area contributed by atoms with Gasteiger partial charge >= 0.3 is 0 Å². The van der Waals surface area contributed by atoms with Crippen LogP contribution in [0.15, 0.2) is 57.5 Å². The van der Waals surface area contributed by atoms with Crippen LogP contribution in [0.25, 0.3) is 23.0 Å². The Morgan fingerprint density at radius 3 is 2.75 bits per heavy atom. The Morgan fingerprint density at radius 2 is 1.89 bits per heavy atom. The quantitative estimate of drug-likeness (QED) is 0.416. The zero-order valence-electron chi connectivity index (χ0n) is 14.8. The van der Waals surface area contributed by atoms with Gasteiger partial charge in [0.1, 0.15) is 23.1 Å². The molecule has 0 aliphatic heterocycles. The molecule has 2 aromatic heterocycles. The van der Waals surface area contributed by atoms with Crippen molar-refractivity contribution < 1.29 is 13.7 Å². The fourth-order valence-electron chi connectivity index (χ4n) is 2.64. The molecule has 0 bridgehead atoms. The molecular formula is C20H15Cl2N3O3. The van der Waals surface area contributed by atoms with Crippen LogP contribution in [0, 0.1) is 6.92 Å². The van der Waals surface area contributed by atoms with Crippen molar-refractivity contribution in [3.63, 3.8) is 0 Å². The van der Waals surface area contributed by atoms with E-state index in [4.69, 9.17) is 42.6 Å². The summed E-state index contributed by atoms with van der Waals surface area (Å²) in [6.07, 6.45) is 0. The maximum atomic E-state index is 6.12. The Hall–Kier alpha value is -2.96. The van der Waals surface area contributed by atoms with Gasteiger partial charge in [0.2, 0.25) is 5.82 Å². The molecule has 28 heavy (non-hydrogen) atoms. The van der Waals surface area contributed by atoms with Gasteiger partial charge in [-0.05, 0) is 42.8 Å². The van der Waals surface area contributed by atoms with E-state index in [1.165, 1.54) is 0 Å². The number of benzene rings is 2. The number of rotatable bonds is 5. The maximum absolute atomic E-state index is 6.12. The van der Waals surface area contributed by atoms with E-state index in [-0.39, 0.29) is 12.5 Å². The summed E-state index contributed by atoms with van der Waals surface area (Å²) in [4.78, 5) is 4.40. The van der Waals surface area contributed by atoms with Crippen LogP contribution in [0.1, 0.15) is 11.3 Å². The van der Waals surface area contributed by atoms with Crippen molar-refractivity contribution in [2.24, 2.45) is 0 Å². The highest BCUT2D eigenvalue weighted by Gasteiger charge is 2.16. The fourth-order valence-corrected chi connectivity index (χ4v) is 2.99. The summed E-state index contributed by atoms with van der Waals surface area (Å²) in [6, 6.07) is 14.2. The van der Waals surface area contributed by atoms with Crippen LogP contribution in [-0.4, -0.2) is 10.1 Å². The van der Waals surface area contributed by atoms with Crippen molar-refractivity contribution in [2.75, 3.05) is 5.73 Å². The van der Waals surface area contributed by atoms with Gasteiger partial charge in [-0.25, -0.2) is 0 Å². The topological polar surface area (TPSA) is 87.3 Å². The summed E-state index contributed by atoms with van der Waals surface area (Å²) >= 11 is 12.1. The van der Waals surface area contributed by atoms with Crippen molar-refractivity contribution in [2.45, 2.75) is 13.5 Å². The molecule has 2 N–H and O–H groups in total. The fraction of sp³-hybridized carbons (Fsp3) is 0.100. The first kappa shape index (κ1) is 18.4. The molecule has 0 atom stereocenters. The number of hydrogen-bond donors (Lipinski definition) is 1. The first-order valence-electron chi connectivity index (χ1n) is 8.38. The molecule has 6 nitrogen and oxygen atoms in total. The van der Waals surface area contributed by atoms with Gasteiger partial charge in [-0.1, -0.05) is 46.6 Å². The van der Waals surface area contributed by atoms with E-state index in [0.29, 0.717) is 38.8 Å². The van der Waals surface area contributed by atoms with Gasteiger partial charge in [0, 0.05) is 11.3 Å². The number of hydrogen-bond acceptors (Lipinski definition) is 6. The molecule has 0 aliphatic carbocycles. The summed E-state index contributed by atoms with van der Waals surface area (Å²) in [5.41, 5.74) is 8.31. The van der Waals surface area contributed by atoms with Crippen LogP contribution in [0.2, 0.25) is 10.0 Å². The van der Waals surface area contributed by atoms with Crippen LogP contribution < -0.4 is 10.5 Å². The molecule has 2 aromatic carbocycles. The Balaban J connectivity index is 1.51. The van der Waals surface area contributed by atoms with E-state index in [1.54, 1.807) is 30.3 Å². The highest BCUT2D eigenvalue weighted by Crippen LogP contribution is 2.32. The van der Waals surface area contributed by atoms with Gasteiger partial charge in [-0.2, -0.15) is 4.98 Å². The molecule has 0 saturated carbocycles. The van der Waals surface area contributed by atoms with Gasteiger partial charge in [-0.3, -0.25) is 0 Å². The summed E-state index contributed by atoms with van der Waals surface area (Å²) in [5.74, 6) is 2.20. The average molecular weight is 416 g/mol. The van der Waals surface area contributed by atoms with Gasteiger partial charge in [0.25, 0.3) is 5.89 Å². The molecule has 0 amide bonds. The lowest BCUT2D eigenvalue weighted by molar-refractivity contribution is 0.270. The summed E-state index contributed by atoms with van der Waals surface area (Å²) in [7, 11) is 0. The van der Waals surface area contributed by atoms with Crippen molar-refractivity contribution in [1.29, 1.82) is 0 Å². The Labute approximate surface area is 170 Å². The zero-order chi connectivity index (χ0) is 19.7. The summed E-state index contributed by atoms with van der Waals surface area (Å²) in [5, 5.41) is 4.81. The lowest BCUT2D eigenvalue weighted by atomic mass is 10.1. The van der Waals surface area contributed by atoms with Crippen molar-refractivity contribution in [3.05, 3.63) is 69.9 Å². The SMILES string of the molecule is Cc1c(N)cccc1-c1noc(-c2ccc(COc3cccc(Cl)c3Cl)o2)n1. The number of nitrogens with zero attached hydrogens (tertiary/aromatic N) is 2. The zero-order valence-corrected chi connectivity index (χ0v) is 16.3. The molecule has 142 valence electrons. The van der Waals surface area contributed by atoms with Gasteiger partial charge in [0.15, 0.2) is 5.76 Å². The monoisotopic (exact) mass is 415 g/mol. The first-order chi connectivity index (χ1) is 13.5. The van der Waals surface area contributed by atoms with Crippen molar-refractivity contribution >= 4 is 28.9 Å². The standard InChI is InChI=1S/C20H15Cl2N3O3/c1-11-13(4-2-6-15(11)23)19-24-20(28-25-19)17-9-8-12(27-17)10-26-16-7-3-5-14(21)18(16)22/h2-9H,10,23H2,1H3. The van der Waals surface area contributed by atoms with Crippen LogP contribution >= 0.6 is 23.2 Å². The third-order valence-electron chi connectivity index (χ3n) is 4.20. The van der Waals surface area contributed by atoms with Gasteiger partial charge in [-0.15, -0.1) is 0 Å². The second-order valence-corrected chi connectivity index (χ2v) is 6.83. The molecule has 0 aliphatic rings. The number of anilines is 1. The predicted octanol–water partition coefficient (Wildman–Crippen LogP) is 5.77. The minimum absolute atomic E-state index is 0.176. The highest BCUT2D eigenvalue weighted by atomic mass is 35.5. The smallest absolute Gasteiger partial charge is 0.293 e. The van der Waals surface area contributed by atoms with Crippen molar-refractivity contribution in [3.8, 4) is 28.8 Å². The largest absolute Gasteiger partial charge is 0.484 e. The Morgan fingerprint density at radius 1 is 1.07 bits per heavy atom. The predicted molar refractivity (Wildman–Crippen MR) is 107 cm³/mol. The van der Waals surface area contributed by atoms with Gasteiger partial charge < -0.3 is 19.4 Å². The number of nitrogen functional groups attached to an aromatic ring is 1. The van der Waals surface area contributed by atoms with Crippen molar-refractivity contribution in [1.82, 2.24) is 10.1 Å². The van der Waals surface area contributed by atoms with Crippen LogP contribution in [0.4, 0.5) is 5.69 Å². The molecule has 8 heteroatoms. The lowest BCUT2D eigenvalue weighted by Gasteiger charge is -2.06. The summed E-state index contributed by atoms with van der Waals surface area (Å²) in [6.45, 7) is 2.08. The molecule has 0 radical (unpaired) electrons. The second kappa shape index (κ2) is 7.58. The molecule has 0 unspecified atom stereocenters. The van der Waals surface area contributed by atoms with Crippen LogP contribution in [-0.2, 0) is 6.61 Å². The third-order valence-corrected chi connectivity index (χ3v) is 5.00. The summed E-state index contributed by atoms with van der Waals surface area (Å²) < 4.78 is 16.7. The molecule has 4 aromatic rings. The van der Waals surface area contributed by atoms with Gasteiger partial charge in [0.05, 0.1) is 5.02 Å². The van der Waals surface area contributed by atoms with Crippen LogP contribution in [0.5, 0.6) is 5.75 Å². The van der Waals surface area contributed by atoms with E-state index < -0.39 is 0 Å². The van der Waals surface area contributed by atoms with Crippen LogP contribution in [0.3, 0.4) is 0 Å². The number of ether oxygens (including phenoxy) is 1. The Bertz CT molecular complexity index is 1140. The third kappa shape index (κ3) is 3.56. The van der Waals surface area contributed by atoms with E-state index in [1.807, 2.05) is 25.1 Å². The Kier molecular flexibility index (Phi) is 4.98. The van der Waals surface area contributed by atoms with E-state index in [9.17, 15) is 0 Å². The number of furan rings is 1. The molecular weight excluding hydrogens is 401 g/mol. The molecule has 0 spiro atoms. The molecule has 2 heterocycles. The van der Waals surface area contributed by atoms with E-state index in [0.717, 1.165) is 11.1 Å². The van der Waals surface area contributed by atoms with E-state index >= 15 is 0 Å². The molecule has 0 saturated heterocycles. The molecule has 4 rings (SSSR count). The minimum Gasteiger partial charge on any atom is -0.484 e. The second-order valence-electron chi connectivity index (χ2n) is 6.05. The lowest BCUT2D eigenvalue weighted by Crippen LogP contribution is -1.94. The number of aromatic nitrogens is 2. The minimum atomic E-state index is 0.176. The normalized spacial score (nSPS) is 11.0. The molecule has 0 fully saturated rings. The average Bonchev–Trinajstić information content (AvgIpc) is 3.34.